The third-order valence-electron chi connectivity index (χ3n) is 7.47. The van der Waals surface area contributed by atoms with Crippen LogP contribution in [0.3, 0.4) is 0 Å². The number of sulfonamides is 1. The van der Waals surface area contributed by atoms with Crippen molar-refractivity contribution in [3.05, 3.63) is 111 Å². The Morgan fingerprint density at radius 3 is 2.59 bits per heavy atom. The zero-order valence-corrected chi connectivity index (χ0v) is 24.4. The van der Waals surface area contributed by atoms with Crippen molar-refractivity contribution < 1.29 is 22.0 Å². The van der Waals surface area contributed by atoms with Crippen molar-refractivity contribution in [3.8, 4) is 0 Å². The van der Waals surface area contributed by atoms with E-state index in [9.17, 15) is 13.2 Å². The summed E-state index contributed by atoms with van der Waals surface area (Å²) in [6, 6.07) is 17.2. The molecule has 2 heterocycles. The molecule has 2 atom stereocenters. The van der Waals surface area contributed by atoms with Gasteiger partial charge in [-0.1, -0.05) is 54.9 Å². The normalized spacial score (nSPS) is 16.4. The molecule has 0 fully saturated rings. The fourth-order valence-electron chi connectivity index (χ4n) is 5.25. The summed E-state index contributed by atoms with van der Waals surface area (Å²) >= 11 is 6.28. The van der Waals surface area contributed by atoms with Crippen LogP contribution in [0.15, 0.2) is 81.2 Å². The molecule has 0 unspecified atom stereocenters. The number of halogens is 2. The van der Waals surface area contributed by atoms with Crippen LogP contribution in [-0.2, 0) is 21.4 Å². The average molecular weight is 601 g/mol. The number of aryl methyl sites for hydroxylation is 1. The number of benzene rings is 3. The summed E-state index contributed by atoms with van der Waals surface area (Å²) < 4.78 is 56.6. The smallest absolute Gasteiger partial charge is 0.395 e. The van der Waals surface area contributed by atoms with Crippen molar-refractivity contribution in [2.24, 2.45) is 0 Å². The van der Waals surface area contributed by atoms with Crippen molar-refractivity contribution in [1.82, 2.24) is 14.1 Å². The standard InChI is InChI=1S/C29H30ClFN4O5S/c1-19-9-11-24(31)27(20(19)2)21(3)28(35-29(36)40-17-32-35)34-18-33(13-14-39-16-22-7-5-4-6-8-22)25-15-23(30)10-12-26(25)41(34,37)38/h4-12,15,17,21,28H,13-14,16,18H2,1-3H3/t21-,28-/m1/s1. The number of hydrogen-bond donors (Lipinski definition) is 0. The topological polar surface area (TPSA) is 97.9 Å². The minimum Gasteiger partial charge on any atom is -0.395 e. The molecular weight excluding hydrogens is 571 g/mol. The van der Waals surface area contributed by atoms with E-state index >= 15 is 4.39 Å². The first-order valence-corrected chi connectivity index (χ1v) is 14.9. The maximum Gasteiger partial charge on any atom is 0.438 e. The quantitative estimate of drug-likeness (QED) is 0.243. The van der Waals surface area contributed by atoms with Gasteiger partial charge in [-0.2, -0.15) is 8.99 Å². The number of nitrogens with zero attached hydrogens (tertiary/aromatic N) is 4. The lowest BCUT2D eigenvalue weighted by atomic mass is 9.90. The minimum atomic E-state index is -4.21. The van der Waals surface area contributed by atoms with Crippen LogP contribution in [0.1, 0.15) is 41.3 Å². The molecule has 3 aromatic carbocycles. The Labute approximate surface area is 242 Å². The second-order valence-corrected chi connectivity index (χ2v) is 12.3. The van der Waals surface area contributed by atoms with E-state index in [-0.39, 0.29) is 18.2 Å². The number of ether oxygens (including phenoxy) is 1. The minimum absolute atomic E-state index is 0.00592. The molecule has 0 N–H and O–H groups in total. The van der Waals surface area contributed by atoms with Gasteiger partial charge in [-0.05, 0) is 60.4 Å². The first-order valence-electron chi connectivity index (χ1n) is 13.1. The van der Waals surface area contributed by atoms with Gasteiger partial charge in [0.25, 0.3) is 0 Å². The Morgan fingerprint density at radius 2 is 1.88 bits per heavy atom. The number of aromatic nitrogens is 2. The van der Waals surface area contributed by atoms with Crippen LogP contribution < -0.4 is 10.7 Å². The molecule has 1 aliphatic rings. The van der Waals surface area contributed by atoms with E-state index in [1.54, 1.807) is 26.0 Å². The number of hydrogen-bond acceptors (Lipinski definition) is 7. The lowest BCUT2D eigenvalue weighted by molar-refractivity contribution is 0.121. The summed E-state index contributed by atoms with van der Waals surface area (Å²) in [6.45, 7) is 6.12. The van der Waals surface area contributed by atoms with Crippen molar-refractivity contribution in [3.63, 3.8) is 0 Å². The van der Waals surface area contributed by atoms with Gasteiger partial charge in [-0.15, -0.1) is 5.10 Å². The van der Waals surface area contributed by atoms with Gasteiger partial charge in [-0.3, -0.25) is 0 Å². The molecule has 0 amide bonds. The lowest BCUT2D eigenvalue weighted by Crippen LogP contribution is -2.52. The average Bonchev–Trinajstić information content (AvgIpc) is 3.37. The largest absolute Gasteiger partial charge is 0.438 e. The Kier molecular flexibility index (Phi) is 8.32. The Morgan fingerprint density at radius 1 is 1.12 bits per heavy atom. The highest BCUT2D eigenvalue weighted by atomic mass is 35.5. The van der Waals surface area contributed by atoms with Crippen LogP contribution in [0, 0.1) is 19.7 Å². The highest BCUT2D eigenvalue weighted by Crippen LogP contribution is 2.42. The van der Waals surface area contributed by atoms with E-state index < -0.39 is 33.7 Å². The fourth-order valence-corrected chi connectivity index (χ4v) is 7.21. The number of anilines is 1. The zero-order chi connectivity index (χ0) is 29.3. The van der Waals surface area contributed by atoms with Crippen LogP contribution in [0.4, 0.5) is 10.1 Å². The van der Waals surface area contributed by atoms with Crippen molar-refractivity contribution in [1.29, 1.82) is 0 Å². The predicted octanol–water partition coefficient (Wildman–Crippen LogP) is 5.23. The van der Waals surface area contributed by atoms with E-state index in [0.29, 0.717) is 35.0 Å². The maximum absolute atomic E-state index is 15.3. The second-order valence-electron chi connectivity index (χ2n) is 10.0. The van der Waals surface area contributed by atoms with Gasteiger partial charge in [0.15, 0.2) is 0 Å². The summed E-state index contributed by atoms with van der Waals surface area (Å²) in [5.41, 5.74) is 3.20. The molecule has 0 saturated heterocycles. The van der Waals surface area contributed by atoms with E-state index in [1.165, 1.54) is 18.2 Å². The Bertz CT molecular complexity index is 1710. The second kappa shape index (κ2) is 11.8. The van der Waals surface area contributed by atoms with Gasteiger partial charge in [0, 0.05) is 17.5 Å². The number of rotatable bonds is 9. The molecule has 1 aliphatic heterocycles. The first-order chi connectivity index (χ1) is 19.6. The van der Waals surface area contributed by atoms with Crippen LogP contribution in [0.2, 0.25) is 5.02 Å². The van der Waals surface area contributed by atoms with Crippen LogP contribution in [0.5, 0.6) is 0 Å². The van der Waals surface area contributed by atoms with Gasteiger partial charge in [0.05, 0.1) is 25.6 Å². The van der Waals surface area contributed by atoms with E-state index in [4.69, 9.17) is 20.8 Å². The molecule has 0 bridgehead atoms. The third-order valence-corrected chi connectivity index (χ3v) is 9.55. The molecule has 0 saturated carbocycles. The highest BCUT2D eigenvalue weighted by Gasteiger charge is 2.44. The van der Waals surface area contributed by atoms with Gasteiger partial charge in [-0.25, -0.2) is 17.6 Å². The Hall–Kier alpha value is -3.51. The summed E-state index contributed by atoms with van der Waals surface area (Å²) in [5, 5.41) is 4.41. The molecule has 9 nitrogen and oxygen atoms in total. The lowest BCUT2D eigenvalue weighted by Gasteiger charge is -2.42. The summed E-state index contributed by atoms with van der Waals surface area (Å²) in [7, 11) is -4.21. The monoisotopic (exact) mass is 600 g/mol. The summed E-state index contributed by atoms with van der Waals surface area (Å²) in [5.74, 6) is -2.19. The molecular formula is C29H30ClFN4O5S. The molecule has 5 rings (SSSR count). The SMILES string of the molecule is Cc1ccc(F)c([C@@H](C)[C@H](N2CN(CCOCc3ccccc3)c3cc(Cl)ccc3S2(=O)=O)n2ncoc2=O)c1C. The van der Waals surface area contributed by atoms with Crippen molar-refractivity contribution in [2.45, 2.75) is 44.4 Å². The van der Waals surface area contributed by atoms with Gasteiger partial charge in [0.1, 0.15) is 16.9 Å². The first kappa shape index (κ1) is 29.0. The molecule has 0 aliphatic carbocycles. The highest BCUT2D eigenvalue weighted by molar-refractivity contribution is 7.89. The molecule has 4 aromatic rings. The third kappa shape index (κ3) is 5.67. The van der Waals surface area contributed by atoms with Crippen molar-refractivity contribution >= 4 is 27.3 Å². The van der Waals surface area contributed by atoms with Gasteiger partial charge < -0.3 is 14.1 Å². The summed E-state index contributed by atoms with van der Waals surface area (Å²) in [6.07, 6.45) is -0.293. The molecule has 0 radical (unpaired) electrons. The van der Waals surface area contributed by atoms with E-state index in [1.807, 2.05) is 42.2 Å². The molecule has 41 heavy (non-hydrogen) atoms. The Balaban J connectivity index is 1.55. The van der Waals surface area contributed by atoms with Crippen LogP contribution in [0.25, 0.3) is 0 Å². The number of fused-ring (bicyclic) bond motifs is 1. The van der Waals surface area contributed by atoms with Gasteiger partial charge >= 0.3 is 5.76 Å². The van der Waals surface area contributed by atoms with E-state index in [2.05, 4.69) is 5.10 Å². The maximum atomic E-state index is 15.3. The van der Waals surface area contributed by atoms with E-state index in [0.717, 1.165) is 26.5 Å². The molecule has 1 aromatic heterocycles. The summed E-state index contributed by atoms with van der Waals surface area (Å²) in [4.78, 5) is 14.6. The molecule has 0 spiro atoms. The predicted molar refractivity (Wildman–Crippen MR) is 153 cm³/mol. The van der Waals surface area contributed by atoms with Crippen LogP contribution in [-0.4, -0.2) is 42.3 Å². The molecule has 12 heteroatoms. The van der Waals surface area contributed by atoms with Gasteiger partial charge in [0.2, 0.25) is 16.4 Å². The zero-order valence-electron chi connectivity index (χ0n) is 22.8. The van der Waals surface area contributed by atoms with Crippen LogP contribution >= 0.6 is 11.6 Å². The fraction of sp³-hybridized carbons (Fsp3) is 0.310. The van der Waals surface area contributed by atoms with Crippen molar-refractivity contribution in [2.75, 3.05) is 24.7 Å². The molecule has 216 valence electrons.